The Morgan fingerprint density at radius 3 is 3.24 bits per heavy atom. The molecule has 5 heteroatoms. The fourth-order valence-corrected chi connectivity index (χ4v) is 2.08. The van der Waals surface area contributed by atoms with Crippen LogP contribution in [0, 0.1) is 6.92 Å². The second-order valence-electron chi connectivity index (χ2n) is 4.64. The Morgan fingerprint density at radius 2 is 2.59 bits per heavy atom. The summed E-state index contributed by atoms with van der Waals surface area (Å²) in [7, 11) is 0. The highest BCUT2D eigenvalue weighted by Crippen LogP contribution is 2.02. The topological polar surface area (TPSA) is 59.0 Å². The Kier molecular flexibility index (Phi) is 4.14. The maximum Gasteiger partial charge on any atom is 0.222 e. The van der Waals surface area contributed by atoms with Gasteiger partial charge in [-0.3, -0.25) is 9.48 Å². The Bertz CT molecular complexity index is 368. The van der Waals surface area contributed by atoms with Crippen molar-refractivity contribution in [1.82, 2.24) is 20.4 Å². The van der Waals surface area contributed by atoms with Crippen LogP contribution in [0.4, 0.5) is 0 Å². The van der Waals surface area contributed by atoms with E-state index in [1.54, 1.807) is 0 Å². The summed E-state index contributed by atoms with van der Waals surface area (Å²) in [6.45, 7) is 4.61. The van der Waals surface area contributed by atoms with Crippen LogP contribution >= 0.6 is 0 Å². The van der Waals surface area contributed by atoms with Crippen molar-refractivity contribution in [3.8, 4) is 0 Å². The van der Waals surface area contributed by atoms with Gasteiger partial charge in [-0.2, -0.15) is 5.10 Å². The van der Waals surface area contributed by atoms with E-state index in [-0.39, 0.29) is 5.91 Å². The summed E-state index contributed by atoms with van der Waals surface area (Å²) in [6.07, 6.45) is 6.49. The molecule has 2 rings (SSSR count). The molecule has 0 unspecified atom stereocenters. The smallest absolute Gasteiger partial charge is 0.222 e. The SMILES string of the molecule is Cc1cnn(CCC(=O)N[C@H]2CCCNC2)c1. The van der Waals surface area contributed by atoms with E-state index in [0.29, 0.717) is 19.0 Å². The summed E-state index contributed by atoms with van der Waals surface area (Å²) >= 11 is 0. The number of nitrogens with one attached hydrogen (secondary N) is 2. The molecule has 0 aromatic carbocycles. The van der Waals surface area contributed by atoms with Crippen molar-refractivity contribution in [3.05, 3.63) is 18.0 Å². The number of hydrogen-bond acceptors (Lipinski definition) is 3. The fourth-order valence-electron chi connectivity index (χ4n) is 2.08. The second kappa shape index (κ2) is 5.82. The highest BCUT2D eigenvalue weighted by Gasteiger charge is 2.14. The lowest BCUT2D eigenvalue weighted by molar-refractivity contribution is -0.122. The molecule has 2 heterocycles. The molecule has 1 fully saturated rings. The van der Waals surface area contributed by atoms with Crippen LogP contribution in [0.2, 0.25) is 0 Å². The number of rotatable bonds is 4. The Hall–Kier alpha value is -1.36. The largest absolute Gasteiger partial charge is 0.352 e. The zero-order chi connectivity index (χ0) is 12.1. The predicted molar refractivity (Wildman–Crippen MR) is 65.6 cm³/mol. The molecule has 0 radical (unpaired) electrons. The number of aryl methyl sites for hydroxylation is 2. The van der Waals surface area contributed by atoms with E-state index in [1.165, 1.54) is 0 Å². The Balaban J connectivity index is 1.70. The van der Waals surface area contributed by atoms with E-state index < -0.39 is 0 Å². The molecule has 1 atom stereocenters. The van der Waals surface area contributed by atoms with Gasteiger partial charge >= 0.3 is 0 Å². The normalized spacial score (nSPS) is 20.2. The zero-order valence-corrected chi connectivity index (χ0v) is 10.3. The van der Waals surface area contributed by atoms with Crippen molar-refractivity contribution in [2.45, 2.75) is 38.8 Å². The number of carbonyl (C=O) groups excluding carboxylic acids is 1. The van der Waals surface area contributed by atoms with Gasteiger partial charge in [-0.15, -0.1) is 0 Å². The van der Waals surface area contributed by atoms with Crippen molar-refractivity contribution < 1.29 is 4.79 Å². The number of amides is 1. The first kappa shape index (κ1) is 12.1. The van der Waals surface area contributed by atoms with Crippen LogP contribution in [0.5, 0.6) is 0 Å². The van der Waals surface area contributed by atoms with Crippen molar-refractivity contribution in [1.29, 1.82) is 0 Å². The van der Waals surface area contributed by atoms with E-state index in [1.807, 2.05) is 24.0 Å². The summed E-state index contributed by atoms with van der Waals surface area (Å²) < 4.78 is 1.81. The van der Waals surface area contributed by atoms with Crippen molar-refractivity contribution in [2.24, 2.45) is 0 Å². The molecule has 2 N–H and O–H groups in total. The number of hydrogen-bond donors (Lipinski definition) is 2. The third-order valence-corrected chi connectivity index (χ3v) is 2.99. The minimum atomic E-state index is 0.117. The van der Waals surface area contributed by atoms with Crippen LogP contribution in [0.3, 0.4) is 0 Å². The molecule has 1 saturated heterocycles. The first-order valence-corrected chi connectivity index (χ1v) is 6.23. The van der Waals surface area contributed by atoms with E-state index in [4.69, 9.17) is 0 Å². The second-order valence-corrected chi connectivity index (χ2v) is 4.64. The van der Waals surface area contributed by atoms with Crippen LogP contribution < -0.4 is 10.6 Å². The maximum atomic E-state index is 11.7. The minimum Gasteiger partial charge on any atom is -0.352 e. The van der Waals surface area contributed by atoms with Gasteiger partial charge in [0.25, 0.3) is 0 Å². The maximum absolute atomic E-state index is 11.7. The summed E-state index contributed by atoms with van der Waals surface area (Å²) in [5.74, 6) is 0.117. The summed E-state index contributed by atoms with van der Waals surface area (Å²) in [5, 5.41) is 10.5. The Labute approximate surface area is 102 Å². The lowest BCUT2D eigenvalue weighted by Gasteiger charge is -2.23. The standard InChI is InChI=1S/C12H20N4O/c1-10-7-14-16(9-10)6-4-12(17)15-11-3-2-5-13-8-11/h7,9,11,13H,2-6,8H2,1H3,(H,15,17)/t11-/m0/s1. The molecule has 0 bridgehead atoms. The summed E-state index contributed by atoms with van der Waals surface area (Å²) in [5.41, 5.74) is 1.13. The molecule has 17 heavy (non-hydrogen) atoms. The minimum absolute atomic E-state index is 0.117. The van der Waals surface area contributed by atoms with Gasteiger partial charge in [0.15, 0.2) is 0 Å². The van der Waals surface area contributed by atoms with Crippen LogP contribution in [-0.2, 0) is 11.3 Å². The molecule has 0 saturated carbocycles. The van der Waals surface area contributed by atoms with Gasteiger partial charge in [0, 0.05) is 31.7 Å². The number of piperidine rings is 1. The van der Waals surface area contributed by atoms with Gasteiger partial charge < -0.3 is 10.6 Å². The van der Waals surface area contributed by atoms with Gasteiger partial charge in [-0.1, -0.05) is 0 Å². The van der Waals surface area contributed by atoms with Crippen LogP contribution in [0.25, 0.3) is 0 Å². The molecule has 1 aromatic rings. The molecule has 1 aliphatic heterocycles. The molecule has 94 valence electrons. The van der Waals surface area contributed by atoms with E-state index >= 15 is 0 Å². The highest BCUT2D eigenvalue weighted by atomic mass is 16.1. The molecule has 1 aliphatic rings. The van der Waals surface area contributed by atoms with E-state index in [0.717, 1.165) is 31.5 Å². The van der Waals surface area contributed by atoms with Crippen molar-refractivity contribution in [2.75, 3.05) is 13.1 Å². The molecular weight excluding hydrogens is 216 g/mol. The van der Waals surface area contributed by atoms with E-state index in [2.05, 4.69) is 15.7 Å². The van der Waals surface area contributed by atoms with Gasteiger partial charge in [0.1, 0.15) is 0 Å². The molecule has 5 nitrogen and oxygen atoms in total. The molecular formula is C12H20N4O. The average Bonchev–Trinajstić information content (AvgIpc) is 2.74. The van der Waals surface area contributed by atoms with Gasteiger partial charge in [-0.25, -0.2) is 0 Å². The third-order valence-electron chi connectivity index (χ3n) is 2.99. The van der Waals surface area contributed by atoms with Crippen LogP contribution in [0.15, 0.2) is 12.4 Å². The predicted octanol–water partition coefficient (Wildman–Crippen LogP) is 0.450. The Morgan fingerprint density at radius 1 is 1.71 bits per heavy atom. The molecule has 1 aromatic heterocycles. The quantitative estimate of drug-likeness (QED) is 0.798. The fraction of sp³-hybridized carbons (Fsp3) is 0.667. The first-order chi connectivity index (χ1) is 8.24. The van der Waals surface area contributed by atoms with Crippen LogP contribution in [0.1, 0.15) is 24.8 Å². The number of aromatic nitrogens is 2. The van der Waals surface area contributed by atoms with Gasteiger partial charge in [0.05, 0.1) is 6.20 Å². The van der Waals surface area contributed by atoms with Crippen molar-refractivity contribution in [3.63, 3.8) is 0 Å². The van der Waals surface area contributed by atoms with Crippen molar-refractivity contribution >= 4 is 5.91 Å². The monoisotopic (exact) mass is 236 g/mol. The highest BCUT2D eigenvalue weighted by molar-refractivity contribution is 5.76. The molecule has 0 spiro atoms. The summed E-state index contributed by atoms with van der Waals surface area (Å²) in [4.78, 5) is 11.7. The van der Waals surface area contributed by atoms with Crippen LogP contribution in [-0.4, -0.2) is 34.8 Å². The lowest BCUT2D eigenvalue weighted by Crippen LogP contribution is -2.45. The number of carbonyl (C=O) groups is 1. The molecule has 0 aliphatic carbocycles. The van der Waals surface area contributed by atoms with Gasteiger partial charge in [-0.05, 0) is 31.9 Å². The molecule has 1 amide bonds. The lowest BCUT2D eigenvalue weighted by atomic mass is 10.1. The average molecular weight is 236 g/mol. The zero-order valence-electron chi connectivity index (χ0n) is 10.3. The van der Waals surface area contributed by atoms with Gasteiger partial charge in [0.2, 0.25) is 5.91 Å². The summed E-state index contributed by atoms with van der Waals surface area (Å²) in [6, 6.07) is 0.301. The third kappa shape index (κ3) is 3.85. The first-order valence-electron chi connectivity index (χ1n) is 6.23. The number of nitrogens with zero attached hydrogens (tertiary/aromatic N) is 2. The van der Waals surface area contributed by atoms with E-state index in [9.17, 15) is 4.79 Å².